The number of hydrogen-bond acceptors (Lipinski definition) is 4. The van der Waals surface area contributed by atoms with Crippen LogP contribution in [0.5, 0.6) is 5.75 Å². The molecule has 0 bridgehead atoms. The average molecular weight is 301 g/mol. The van der Waals surface area contributed by atoms with Crippen molar-refractivity contribution in [2.45, 2.75) is 18.9 Å². The van der Waals surface area contributed by atoms with Crippen LogP contribution in [-0.2, 0) is 0 Å². The summed E-state index contributed by atoms with van der Waals surface area (Å²) >= 11 is 5.79. The smallest absolute Gasteiger partial charge is 0.119 e. The van der Waals surface area contributed by atoms with Gasteiger partial charge in [-0.3, -0.25) is 0 Å². The Kier molecular flexibility index (Phi) is 8.62. The number of aliphatic hydroxyl groups is 1. The molecule has 0 spiro atoms. The summed E-state index contributed by atoms with van der Waals surface area (Å²) in [4.78, 5) is 2.18. The van der Waals surface area contributed by atoms with E-state index in [1.165, 1.54) is 0 Å². The second-order valence-corrected chi connectivity index (χ2v) is 5.57. The van der Waals surface area contributed by atoms with Crippen molar-refractivity contribution in [3.05, 3.63) is 29.3 Å². The summed E-state index contributed by atoms with van der Waals surface area (Å²) in [5.74, 6) is 0.722. The lowest BCUT2D eigenvalue weighted by molar-refractivity contribution is 0.106. The molecule has 0 saturated heterocycles. The minimum Gasteiger partial charge on any atom is -0.491 e. The summed E-state index contributed by atoms with van der Waals surface area (Å²) in [6.45, 7) is 2.86. The minimum atomic E-state index is -0.500. The first kappa shape index (κ1) is 17.2. The molecule has 0 aliphatic heterocycles. The number of ether oxygens (including phenoxy) is 1. The van der Waals surface area contributed by atoms with Gasteiger partial charge in [-0.25, -0.2) is 0 Å². The fourth-order valence-electron chi connectivity index (χ4n) is 1.73. The molecule has 1 atom stereocenters. The number of benzene rings is 1. The Morgan fingerprint density at radius 2 is 1.95 bits per heavy atom. The highest BCUT2D eigenvalue weighted by molar-refractivity contribution is 6.30. The van der Waals surface area contributed by atoms with Crippen LogP contribution >= 0.6 is 11.6 Å². The molecule has 4 nitrogen and oxygen atoms in total. The number of unbranched alkanes of at least 4 members (excludes halogenated alkanes) is 1. The van der Waals surface area contributed by atoms with Crippen LogP contribution in [0.15, 0.2) is 24.3 Å². The summed E-state index contributed by atoms with van der Waals surface area (Å²) in [7, 11) is 4.15. The largest absolute Gasteiger partial charge is 0.491 e. The summed E-state index contributed by atoms with van der Waals surface area (Å²) < 4.78 is 5.48. The Bertz CT molecular complexity index is 357. The van der Waals surface area contributed by atoms with E-state index in [1.54, 1.807) is 24.3 Å². The van der Waals surface area contributed by atoms with E-state index in [4.69, 9.17) is 16.3 Å². The first-order valence-electron chi connectivity index (χ1n) is 7.00. The molecule has 0 fully saturated rings. The Labute approximate surface area is 126 Å². The maximum atomic E-state index is 9.79. The zero-order valence-corrected chi connectivity index (χ0v) is 13.1. The van der Waals surface area contributed by atoms with Gasteiger partial charge in [-0.2, -0.15) is 0 Å². The molecule has 0 aromatic heterocycles. The quantitative estimate of drug-likeness (QED) is 0.649. The van der Waals surface area contributed by atoms with Gasteiger partial charge < -0.3 is 20.1 Å². The van der Waals surface area contributed by atoms with E-state index >= 15 is 0 Å². The predicted octanol–water partition coefficient (Wildman–Crippen LogP) is 2.01. The van der Waals surface area contributed by atoms with E-state index < -0.39 is 6.10 Å². The monoisotopic (exact) mass is 300 g/mol. The van der Waals surface area contributed by atoms with Gasteiger partial charge in [0.25, 0.3) is 0 Å². The molecule has 5 heteroatoms. The molecule has 1 rings (SSSR count). The van der Waals surface area contributed by atoms with Gasteiger partial charge in [0.1, 0.15) is 18.5 Å². The SMILES string of the molecule is CN(C)CCCCNCC(O)COc1ccc(Cl)cc1. The molecule has 1 aromatic rings. The highest BCUT2D eigenvalue weighted by Gasteiger charge is 2.04. The molecule has 20 heavy (non-hydrogen) atoms. The normalized spacial score (nSPS) is 12.7. The van der Waals surface area contributed by atoms with Gasteiger partial charge in [0.15, 0.2) is 0 Å². The standard InChI is InChI=1S/C15H25ClN2O2/c1-18(2)10-4-3-9-17-11-14(19)12-20-15-7-5-13(16)6-8-15/h5-8,14,17,19H,3-4,9-12H2,1-2H3. The van der Waals surface area contributed by atoms with E-state index in [2.05, 4.69) is 24.3 Å². The highest BCUT2D eigenvalue weighted by Crippen LogP contribution is 2.15. The van der Waals surface area contributed by atoms with E-state index in [0.29, 0.717) is 11.6 Å². The van der Waals surface area contributed by atoms with Crippen molar-refractivity contribution in [2.75, 3.05) is 40.3 Å². The number of aliphatic hydroxyl groups excluding tert-OH is 1. The van der Waals surface area contributed by atoms with E-state index in [0.717, 1.165) is 31.7 Å². The number of nitrogens with zero attached hydrogens (tertiary/aromatic N) is 1. The molecule has 0 radical (unpaired) electrons. The Morgan fingerprint density at radius 3 is 2.60 bits per heavy atom. The molecular formula is C15H25ClN2O2. The molecule has 0 aliphatic rings. The minimum absolute atomic E-state index is 0.284. The molecule has 114 valence electrons. The van der Waals surface area contributed by atoms with Crippen LogP contribution in [-0.4, -0.2) is 56.4 Å². The van der Waals surface area contributed by atoms with E-state index in [9.17, 15) is 5.11 Å². The summed E-state index contributed by atoms with van der Waals surface area (Å²) in [5, 5.41) is 13.7. The highest BCUT2D eigenvalue weighted by atomic mass is 35.5. The first-order valence-corrected chi connectivity index (χ1v) is 7.37. The van der Waals surface area contributed by atoms with Crippen LogP contribution in [0.2, 0.25) is 5.02 Å². The van der Waals surface area contributed by atoms with Crippen molar-refractivity contribution in [3.63, 3.8) is 0 Å². The van der Waals surface area contributed by atoms with Crippen LogP contribution in [0.4, 0.5) is 0 Å². The summed E-state index contributed by atoms with van der Waals surface area (Å²) in [5.41, 5.74) is 0. The molecule has 0 aliphatic carbocycles. The summed E-state index contributed by atoms with van der Waals surface area (Å²) in [6.07, 6.45) is 1.78. The number of rotatable bonds is 10. The van der Waals surface area contributed by atoms with Crippen LogP contribution in [0.1, 0.15) is 12.8 Å². The molecule has 0 heterocycles. The van der Waals surface area contributed by atoms with Gasteiger partial charge in [-0.05, 0) is 64.3 Å². The second-order valence-electron chi connectivity index (χ2n) is 5.13. The first-order chi connectivity index (χ1) is 9.58. The maximum absolute atomic E-state index is 9.79. The third-order valence-corrected chi connectivity index (χ3v) is 3.10. The number of halogens is 1. The number of hydrogen-bond donors (Lipinski definition) is 2. The van der Waals surface area contributed by atoms with Gasteiger partial charge in [0.2, 0.25) is 0 Å². The van der Waals surface area contributed by atoms with Gasteiger partial charge >= 0.3 is 0 Å². The average Bonchev–Trinajstić information content (AvgIpc) is 2.41. The van der Waals surface area contributed by atoms with Crippen LogP contribution < -0.4 is 10.1 Å². The molecular weight excluding hydrogens is 276 g/mol. The zero-order valence-electron chi connectivity index (χ0n) is 12.3. The number of nitrogens with one attached hydrogen (secondary N) is 1. The van der Waals surface area contributed by atoms with Crippen LogP contribution in [0.3, 0.4) is 0 Å². The maximum Gasteiger partial charge on any atom is 0.119 e. The molecule has 0 amide bonds. The van der Waals surface area contributed by atoms with Crippen molar-refractivity contribution in [1.29, 1.82) is 0 Å². The second kappa shape index (κ2) is 10.00. The zero-order chi connectivity index (χ0) is 14.8. The van der Waals surface area contributed by atoms with Crippen molar-refractivity contribution in [3.8, 4) is 5.75 Å². The van der Waals surface area contributed by atoms with Crippen molar-refractivity contribution in [1.82, 2.24) is 10.2 Å². The van der Waals surface area contributed by atoms with Gasteiger partial charge in [0, 0.05) is 11.6 Å². The lowest BCUT2D eigenvalue weighted by Gasteiger charge is -2.14. The van der Waals surface area contributed by atoms with Crippen molar-refractivity contribution in [2.24, 2.45) is 0 Å². The fraction of sp³-hybridized carbons (Fsp3) is 0.600. The Hall–Kier alpha value is -0.810. The molecule has 1 aromatic carbocycles. The van der Waals surface area contributed by atoms with Crippen LogP contribution in [0.25, 0.3) is 0 Å². The molecule has 1 unspecified atom stereocenters. The van der Waals surface area contributed by atoms with Gasteiger partial charge in [0.05, 0.1) is 0 Å². The fourth-order valence-corrected chi connectivity index (χ4v) is 1.85. The van der Waals surface area contributed by atoms with Gasteiger partial charge in [-0.1, -0.05) is 11.6 Å². The molecule has 0 saturated carbocycles. The topological polar surface area (TPSA) is 44.7 Å². The third kappa shape index (κ3) is 8.38. The van der Waals surface area contributed by atoms with Crippen molar-refractivity contribution >= 4 is 11.6 Å². The Morgan fingerprint density at radius 1 is 1.25 bits per heavy atom. The third-order valence-electron chi connectivity index (χ3n) is 2.84. The van der Waals surface area contributed by atoms with E-state index in [1.807, 2.05) is 0 Å². The van der Waals surface area contributed by atoms with Crippen LogP contribution in [0, 0.1) is 0 Å². The summed E-state index contributed by atoms with van der Waals surface area (Å²) in [6, 6.07) is 7.13. The molecule has 2 N–H and O–H groups in total. The lowest BCUT2D eigenvalue weighted by Crippen LogP contribution is -2.32. The van der Waals surface area contributed by atoms with Gasteiger partial charge in [-0.15, -0.1) is 0 Å². The van der Waals surface area contributed by atoms with Crippen molar-refractivity contribution < 1.29 is 9.84 Å². The lowest BCUT2D eigenvalue weighted by atomic mass is 10.3. The van der Waals surface area contributed by atoms with E-state index in [-0.39, 0.29) is 6.61 Å². The predicted molar refractivity (Wildman–Crippen MR) is 83.6 cm³/mol. The Balaban J connectivity index is 2.03.